The maximum Gasteiger partial charge on any atom is 0.213 e. The molecule has 4 aromatic rings. The summed E-state index contributed by atoms with van der Waals surface area (Å²) in [5, 5.41) is 35.3. The molecule has 12 fully saturated rings. The molecule has 9 N–H and O–H groups in total. The van der Waals surface area contributed by atoms with Crippen molar-refractivity contribution in [3.05, 3.63) is 71.3 Å². The van der Waals surface area contributed by atoms with E-state index < -0.39 is 0 Å². The van der Waals surface area contributed by atoms with Crippen molar-refractivity contribution in [1.82, 2.24) is 0 Å². The third-order valence-corrected chi connectivity index (χ3v) is 18.8. The second kappa shape index (κ2) is 13.6. The zero-order valence-corrected chi connectivity index (χ0v) is 36.4. The molecule has 63 heavy (non-hydrogen) atoms. The monoisotopic (exact) mass is 849 g/mol. The Kier molecular flexibility index (Phi) is 8.29. The molecule has 4 aromatic carbocycles. The van der Waals surface area contributed by atoms with Gasteiger partial charge in [-0.25, -0.2) is 0 Å². The first kappa shape index (κ1) is 38.5. The molecular weight excluding hydrogens is 787 g/mol. The summed E-state index contributed by atoms with van der Waals surface area (Å²) in [5.74, 6) is 7.57. The lowest BCUT2D eigenvalue weighted by Gasteiger charge is -2.63. The zero-order chi connectivity index (χ0) is 42.6. The van der Waals surface area contributed by atoms with Crippen LogP contribution in [-0.2, 0) is 16.2 Å². The fourth-order valence-electron chi connectivity index (χ4n) is 18.0. The van der Waals surface area contributed by atoms with E-state index in [1.807, 2.05) is 12.1 Å². The van der Waals surface area contributed by atoms with Crippen LogP contribution in [0.25, 0.3) is 0 Å². The first-order valence-electron chi connectivity index (χ1n) is 24.4. The van der Waals surface area contributed by atoms with Gasteiger partial charge in [-0.1, -0.05) is 18.2 Å². The molecule has 9 heteroatoms. The number of hydrogen-bond acceptors (Lipinski definition) is 9. The highest BCUT2D eigenvalue weighted by atomic mass is 16.6. The van der Waals surface area contributed by atoms with Crippen LogP contribution in [0.1, 0.15) is 132 Å². The van der Waals surface area contributed by atoms with Crippen molar-refractivity contribution >= 4 is 17.1 Å². The minimum absolute atomic E-state index is 0.102. The van der Waals surface area contributed by atoms with Gasteiger partial charge in [-0.15, -0.1) is 0 Å². The first-order chi connectivity index (χ1) is 30.4. The number of para-hydroxylation sites is 3. The Morgan fingerprint density at radius 1 is 0.349 bits per heavy atom. The molecule has 12 aliphatic carbocycles. The Bertz CT molecular complexity index is 2320. The molecule has 0 radical (unpaired) electrons. The van der Waals surface area contributed by atoms with Crippen molar-refractivity contribution in [2.24, 2.45) is 53.3 Å². The normalized spacial score (nSPS) is 37.4. The smallest absolute Gasteiger partial charge is 0.213 e. The average Bonchev–Trinajstić information content (AvgIpc) is 3.22. The summed E-state index contributed by atoms with van der Waals surface area (Å²) in [7, 11) is 0. The van der Waals surface area contributed by atoms with Crippen LogP contribution in [0.2, 0.25) is 0 Å². The van der Waals surface area contributed by atoms with Crippen molar-refractivity contribution < 1.29 is 29.5 Å². The van der Waals surface area contributed by atoms with Crippen LogP contribution in [0.5, 0.6) is 51.7 Å². The van der Waals surface area contributed by atoms with Gasteiger partial charge in [0.25, 0.3) is 0 Å². The SMILES string of the molecule is Nc1cccc(Oc2c(Oc3cccc(N)c3O)c(C34CC5CC(CC(C5)C3)C4)c(C34CC5CC(CC(C5)C3)C4)c(C34CC5CC(CC(C5)C3)C4)c2Oc2cccc(N)c2O)c1O. The van der Waals surface area contributed by atoms with Gasteiger partial charge in [0.15, 0.2) is 46.0 Å². The molecule has 0 atom stereocenters. The zero-order valence-electron chi connectivity index (χ0n) is 36.4. The Balaban J connectivity index is 1.20. The molecule has 12 saturated carbocycles. The molecule has 0 unspecified atom stereocenters. The molecule has 0 aliphatic heterocycles. The van der Waals surface area contributed by atoms with Crippen LogP contribution in [0.4, 0.5) is 17.1 Å². The van der Waals surface area contributed by atoms with Gasteiger partial charge in [0.05, 0.1) is 17.1 Å². The molecule has 0 heterocycles. The quantitative estimate of drug-likeness (QED) is 0.0710. The lowest BCUT2D eigenvalue weighted by molar-refractivity contribution is -0.0255. The predicted octanol–water partition coefficient (Wildman–Crippen LogP) is 12.3. The maximum atomic E-state index is 11.8. The van der Waals surface area contributed by atoms with Crippen molar-refractivity contribution in [2.45, 2.75) is 132 Å². The van der Waals surface area contributed by atoms with Crippen LogP contribution in [0, 0.1) is 53.3 Å². The fraction of sp³-hybridized carbons (Fsp3) is 0.556. The van der Waals surface area contributed by atoms with Gasteiger partial charge >= 0.3 is 0 Å². The second-order valence-electron chi connectivity index (χ2n) is 23.1. The van der Waals surface area contributed by atoms with E-state index in [1.54, 1.807) is 42.5 Å². The number of phenolic OH excluding ortho intramolecular Hbond substituents is 3. The highest BCUT2D eigenvalue weighted by molar-refractivity contribution is 5.75. The van der Waals surface area contributed by atoms with Gasteiger partial charge < -0.3 is 46.7 Å². The summed E-state index contributed by atoms with van der Waals surface area (Å²) >= 11 is 0. The van der Waals surface area contributed by atoms with Crippen molar-refractivity contribution in [1.29, 1.82) is 0 Å². The van der Waals surface area contributed by atoms with Crippen LogP contribution in [0.15, 0.2) is 54.6 Å². The summed E-state index contributed by atoms with van der Waals surface area (Å²) in [5.41, 5.74) is 23.6. The van der Waals surface area contributed by atoms with E-state index in [0.29, 0.717) is 70.5 Å². The Labute approximate surface area is 370 Å². The van der Waals surface area contributed by atoms with Crippen molar-refractivity contribution in [3.63, 3.8) is 0 Å². The van der Waals surface area contributed by atoms with E-state index in [-0.39, 0.29) is 67.8 Å². The fourth-order valence-corrected chi connectivity index (χ4v) is 18.0. The summed E-state index contributed by atoms with van der Waals surface area (Å²) in [6.45, 7) is 0. The number of hydrogen-bond donors (Lipinski definition) is 6. The molecule has 0 aromatic heterocycles. The number of aromatic hydroxyl groups is 3. The van der Waals surface area contributed by atoms with E-state index >= 15 is 0 Å². The van der Waals surface area contributed by atoms with Crippen LogP contribution < -0.4 is 31.4 Å². The van der Waals surface area contributed by atoms with Crippen LogP contribution >= 0.6 is 0 Å². The lowest BCUT2D eigenvalue weighted by atomic mass is 9.41. The number of phenols is 3. The Morgan fingerprint density at radius 2 is 0.587 bits per heavy atom. The Morgan fingerprint density at radius 3 is 0.857 bits per heavy atom. The summed E-state index contributed by atoms with van der Waals surface area (Å²) < 4.78 is 22.2. The number of rotatable bonds is 9. The van der Waals surface area contributed by atoms with Gasteiger partial charge in [-0.2, -0.15) is 0 Å². The highest BCUT2D eigenvalue weighted by Crippen LogP contribution is 2.73. The molecule has 16 rings (SSSR count). The average molecular weight is 850 g/mol. The van der Waals surface area contributed by atoms with Gasteiger partial charge in [-0.3, -0.25) is 0 Å². The lowest BCUT2D eigenvalue weighted by Crippen LogP contribution is -2.55. The second-order valence-corrected chi connectivity index (χ2v) is 23.1. The number of nitrogens with two attached hydrogens (primary N) is 3. The molecule has 0 amide bonds. The number of ether oxygens (including phenoxy) is 3. The third-order valence-electron chi connectivity index (χ3n) is 18.8. The van der Waals surface area contributed by atoms with Gasteiger partial charge in [0, 0.05) is 22.0 Å². The highest BCUT2D eigenvalue weighted by Gasteiger charge is 2.62. The summed E-state index contributed by atoms with van der Waals surface area (Å²) in [6, 6.07) is 15.8. The molecule has 12 bridgehead atoms. The van der Waals surface area contributed by atoms with Crippen LogP contribution in [0.3, 0.4) is 0 Å². The summed E-state index contributed by atoms with van der Waals surface area (Å²) in [6.07, 6.45) is 21.7. The van der Waals surface area contributed by atoms with E-state index in [9.17, 15) is 15.3 Å². The number of anilines is 3. The van der Waals surface area contributed by atoms with Gasteiger partial charge in [-0.05, 0) is 216 Å². The molecule has 330 valence electrons. The van der Waals surface area contributed by atoms with Crippen molar-refractivity contribution in [2.75, 3.05) is 17.2 Å². The summed E-state index contributed by atoms with van der Waals surface area (Å²) in [4.78, 5) is 0. The minimum Gasteiger partial charge on any atom is -0.503 e. The van der Waals surface area contributed by atoms with E-state index in [0.717, 1.165) is 57.8 Å². The van der Waals surface area contributed by atoms with Gasteiger partial charge in [0.2, 0.25) is 5.75 Å². The molecule has 9 nitrogen and oxygen atoms in total. The van der Waals surface area contributed by atoms with Crippen LogP contribution in [-0.4, -0.2) is 15.3 Å². The molecule has 0 saturated heterocycles. The van der Waals surface area contributed by atoms with E-state index in [1.165, 1.54) is 74.5 Å². The molecular formula is C54H63N3O6. The first-order valence-corrected chi connectivity index (χ1v) is 24.4. The van der Waals surface area contributed by atoms with Crippen molar-refractivity contribution in [3.8, 4) is 51.7 Å². The molecule has 0 spiro atoms. The maximum absolute atomic E-state index is 11.8. The third kappa shape index (κ3) is 5.85. The molecule has 12 aliphatic rings. The largest absolute Gasteiger partial charge is 0.503 e. The topological polar surface area (TPSA) is 166 Å². The predicted molar refractivity (Wildman–Crippen MR) is 244 cm³/mol. The Hall–Kier alpha value is -4.92. The standard InChI is InChI=1S/C54H63N3O6/c55-37-4-1-7-40(46(37)58)61-49-44(53-22-31-13-32(23-53)15-33(14-31)24-53)43(52-19-28-10-29(20-52)12-30(11-28)21-52)45(54-25-34-16-35(26-54)18-36(17-34)27-54)50(62-41-8-2-5-38(56)47(41)59)51(49)63-42-9-3-6-39(57)48(42)60/h1-9,28-36,58-60H,10-27,55-57H2. The van der Waals surface area contributed by atoms with E-state index in [4.69, 9.17) is 31.4 Å². The number of benzene rings is 4. The van der Waals surface area contributed by atoms with Gasteiger partial charge in [0.1, 0.15) is 0 Å². The van der Waals surface area contributed by atoms with E-state index in [2.05, 4.69) is 0 Å². The minimum atomic E-state index is -0.191. The number of nitrogen functional groups attached to an aromatic ring is 3.